The van der Waals surface area contributed by atoms with Crippen LogP contribution in [0.5, 0.6) is 0 Å². The minimum Gasteiger partial charge on any atom is -0.330 e. The largest absolute Gasteiger partial charge is 0.330 e. The van der Waals surface area contributed by atoms with E-state index in [1.807, 2.05) is 6.07 Å². The molecule has 0 amide bonds. The molecule has 0 aliphatic heterocycles. The monoisotopic (exact) mass is 272 g/mol. The fourth-order valence-corrected chi connectivity index (χ4v) is 3.57. The normalized spacial score (nSPS) is 25.1. The van der Waals surface area contributed by atoms with Gasteiger partial charge in [-0.2, -0.15) is 0 Å². The van der Waals surface area contributed by atoms with E-state index in [1.54, 1.807) is 11.3 Å². The molecule has 96 valence electrons. The molecular formula is C13H21ClN2S. The van der Waals surface area contributed by atoms with Crippen molar-refractivity contribution in [3.05, 3.63) is 21.3 Å². The minimum atomic E-state index is 0.780. The first-order valence-electron chi connectivity index (χ1n) is 6.43. The highest BCUT2D eigenvalue weighted by Gasteiger charge is 2.19. The maximum atomic E-state index is 5.90. The average molecular weight is 273 g/mol. The Morgan fingerprint density at radius 1 is 1.24 bits per heavy atom. The maximum absolute atomic E-state index is 5.90. The summed E-state index contributed by atoms with van der Waals surface area (Å²) in [6.07, 6.45) is 5.29. The van der Waals surface area contributed by atoms with Gasteiger partial charge in [0.15, 0.2) is 0 Å². The van der Waals surface area contributed by atoms with E-state index in [0.717, 1.165) is 35.8 Å². The van der Waals surface area contributed by atoms with E-state index in [9.17, 15) is 0 Å². The second-order valence-electron chi connectivity index (χ2n) is 4.96. The summed E-state index contributed by atoms with van der Waals surface area (Å²) in [5.41, 5.74) is 5.70. The molecule has 2 rings (SSSR count). The van der Waals surface area contributed by atoms with Crippen LogP contribution in [-0.4, -0.2) is 13.1 Å². The van der Waals surface area contributed by atoms with Crippen LogP contribution in [0.2, 0.25) is 4.34 Å². The highest BCUT2D eigenvalue weighted by atomic mass is 35.5. The molecular weight excluding hydrogens is 252 g/mol. The molecule has 17 heavy (non-hydrogen) atoms. The predicted octanol–water partition coefficient (Wildman–Crippen LogP) is 3.26. The fourth-order valence-electron chi connectivity index (χ4n) is 2.52. The van der Waals surface area contributed by atoms with Gasteiger partial charge in [-0.15, -0.1) is 11.3 Å². The van der Waals surface area contributed by atoms with Gasteiger partial charge in [0.2, 0.25) is 0 Å². The van der Waals surface area contributed by atoms with Gasteiger partial charge < -0.3 is 11.1 Å². The van der Waals surface area contributed by atoms with Gasteiger partial charge in [-0.3, -0.25) is 0 Å². The molecule has 1 aliphatic carbocycles. The molecule has 1 saturated carbocycles. The van der Waals surface area contributed by atoms with Crippen LogP contribution in [0.15, 0.2) is 12.1 Å². The Hall–Kier alpha value is -0.0900. The predicted molar refractivity (Wildman–Crippen MR) is 75.5 cm³/mol. The second-order valence-corrected chi connectivity index (χ2v) is 6.76. The van der Waals surface area contributed by atoms with Crippen LogP contribution in [0.3, 0.4) is 0 Å². The highest BCUT2D eigenvalue weighted by Crippen LogP contribution is 2.27. The molecule has 0 unspecified atom stereocenters. The first-order chi connectivity index (χ1) is 8.28. The van der Waals surface area contributed by atoms with E-state index in [-0.39, 0.29) is 0 Å². The SMILES string of the molecule is NCC1CCC(CNCc2ccc(Cl)s2)CC1. The third-order valence-corrected chi connectivity index (χ3v) is 4.89. The van der Waals surface area contributed by atoms with Gasteiger partial charge in [-0.1, -0.05) is 11.6 Å². The molecule has 0 aromatic carbocycles. The Morgan fingerprint density at radius 3 is 2.53 bits per heavy atom. The molecule has 1 aliphatic rings. The average Bonchev–Trinajstić information content (AvgIpc) is 2.76. The molecule has 0 spiro atoms. The number of hydrogen-bond acceptors (Lipinski definition) is 3. The Morgan fingerprint density at radius 2 is 1.94 bits per heavy atom. The summed E-state index contributed by atoms with van der Waals surface area (Å²) in [4.78, 5) is 1.32. The van der Waals surface area contributed by atoms with E-state index in [0.29, 0.717) is 0 Å². The van der Waals surface area contributed by atoms with Crippen LogP contribution in [0.25, 0.3) is 0 Å². The molecule has 1 aromatic heterocycles. The van der Waals surface area contributed by atoms with Crippen molar-refractivity contribution in [3.8, 4) is 0 Å². The Balaban J connectivity index is 1.63. The summed E-state index contributed by atoms with van der Waals surface area (Å²) < 4.78 is 0.880. The molecule has 1 aromatic rings. The van der Waals surface area contributed by atoms with Crippen molar-refractivity contribution >= 4 is 22.9 Å². The highest BCUT2D eigenvalue weighted by molar-refractivity contribution is 7.16. The quantitative estimate of drug-likeness (QED) is 0.864. The number of hydrogen-bond donors (Lipinski definition) is 2. The second kappa shape index (κ2) is 6.74. The number of nitrogens with one attached hydrogen (secondary N) is 1. The van der Waals surface area contributed by atoms with Crippen molar-refractivity contribution < 1.29 is 0 Å². The van der Waals surface area contributed by atoms with Crippen molar-refractivity contribution in [1.29, 1.82) is 0 Å². The molecule has 0 radical (unpaired) electrons. The van der Waals surface area contributed by atoms with Gasteiger partial charge >= 0.3 is 0 Å². The van der Waals surface area contributed by atoms with Gasteiger partial charge in [0, 0.05) is 11.4 Å². The Bertz CT molecular complexity index is 332. The molecule has 0 bridgehead atoms. The number of rotatable bonds is 5. The van der Waals surface area contributed by atoms with Crippen LogP contribution >= 0.6 is 22.9 Å². The summed E-state index contributed by atoms with van der Waals surface area (Å²) in [6.45, 7) is 2.95. The summed E-state index contributed by atoms with van der Waals surface area (Å²) in [5.74, 6) is 1.62. The summed E-state index contributed by atoms with van der Waals surface area (Å²) >= 11 is 7.56. The van der Waals surface area contributed by atoms with Crippen LogP contribution in [0, 0.1) is 11.8 Å². The fraction of sp³-hybridized carbons (Fsp3) is 0.692. The Kier molecular flexibility index (Phi) is 5.29. The lowest BCUT2D eigenvalue weighted by atomic mass is 9.82. The van der Waals surface area contributed by atoms with Gasteiger partial charge in [0.25, 0.3) is 0 Å². The standard InChI is InChI=1S/C13H21ClN2S/c14-13-6-5-12(17-13)9-16-8-11-3-1-10(7-15)2-4-11/h5-6,10-11,16H,1-4,7-9,15H2. The van der Waals surface area contributed by atoms with Gasteiger partial charge in [-0.05, 0) is 62.7 Å². The molecule has 2 nitrogen and oxygen atoms in total. The minimum absolute atomic E-state index is 0.780. The van der Waals surface area contributed by atoms with Crippen molar-refractivity contribution in [3.63, 3.8) is 0 Å². The number of halogens is 1. The topological polar surface area (TPSA) is 38.0 Å². The zero-order chi connectivity index (χ0) is 12.1. The van der Waals surface area contributed by atoms with E-state index in [1.165, 1.54) is 30.6 Å². The van der Waals surface area contributed by atoms with Crippen LogP contribution in [0.1, 0.15) is 30.6 Å². The van der Waals surface area contributed by atoms with Crippen LogP contribution in [-0.2, 0) is 6.54 Å². The third kappa shape index (κ3) is 4.25. The third-order valence-electron chi connectivity index (χ3n) is 3.66. The zero-order valence-corrected chi connectivity index (χ0v) is 11.7. The Labute approximate surface area is 113 Å². The van der Waals surface area contributed by atoms with Crippen LogP contribution < -0.4 is 11.1 Å². The first kappa shape index (κ1) is 13.3. The van der Waals surface area contributed by atoms with E-state index >= 15 is 0 Å². The van der Waals surface area contributed by atoms with Crippen molar-refractivity contribution in [2.45, 2.75) is 32.2 Å². The molecule has 4 heteroatoms. The summed E-state index contributed by atoms with van der Waals surface area (Å²) in [7, 11) is 0. The summed E-state index contributed by atoms with van der Waals surface area (Å²) in [6, 6.07) is 4.07. The van der Waals surface area contributed by atoms with Gasteiger partial charge in [0.05, 0.1) is 4.34 Å². The van der Waals surface area contributed by atoms with Gasteiger partial charge in [0.1, 0.15) is 0 Å². The lowest BCUT2D eigenvalue weighted by molar-refractivity contribution is 0.272. The molecule has 3 N–H and O–H groups in total. The maximum Gasteiger partial charge on any atom is 0.0931 e. The molecule has 1 fully saturated rings. The lowest BCUT2D eigenvalue weighted by Gasteiger charge is -2.27. The van der Waals surface area contributed by atoms with Crippen molar-refractivity contribution in [2.75, 3.05) is 13.1 Å². The number of nitrogens with two attached hydrogens (primary N) is 1. The lowest BCUT2D eigenvalue weighted by Crippen LogP contribution is -2.28. The van der Waals surface area contributed by atoms with Crippen molar-refractivity contribution in [1.82, 2.24) is 5.32 Å². The summed E-state index contributed by atoms with van der Waals surface area (Å²) in [5, 5.41) is 3.54. The number of thiophene rings is 1. The molecule has 1 heterocycles. The smallest absolute Gasteiger partial charge is 0.0931 e. The van der Waals surface area contributed by atoms with Crippen LogP contribution in [0.4, 0.5) is 0 Å². The van der Waals surface area contributed by atoms with E-state index in [4.69, 9.17) is 17.3 Å². The molecule has 0 atom stereocenters. The first-order valence-corrected chi connectivity index (χ1v) is 7.62. The molecule has 0 saturated heterocycles. The zero-order valence-electron chi connectivity index (χ0n) is 10.1. The van der Waals surface area contributed by atoms with E-state index < -0.39 is 0 Å². The van der Waals surface area contributed by atoms with Gasteiger partial charge in [-0.25, -0.2) is 0 Å². The van der Waals surface area contributed by atoms with E-state index in [2.05, 4.69) is 11.4 Å². The van der Waals surface area contributed by atoms with Crippen molar-refractivity contribution in [2.24, 2.45) is 17.6 Å².